The number of carbonyl (C=O) groups is 1. The minimum Gasteiger partial charge on any atom is -0.394 e. The van der Waals surface area contributed by atoms with Crippen molar-refractivity contribution in [1.82, 2.24) is 4.90 Å². The van der Waals surface area contributed by atoms with E-state index in [-0.39, 0.29) is 12.5 Å². The van der Waals surface area contributed by atoms with Gasteiger partial charge in [0.15, 0.2) is 18.5 Å². The number of carbonyl (C=O) groups excluding carboxylic acids is 1. The van der Waals surface area contributed by atoms with Crippen LogP contribution >= 0.6 is 0 Å². The molecule has 4 atom stereocenters. The van der Waals surface area contributed by atoms with Crippen molar-refractivity contribution in [3.8, 4) is 0 Å². The Balaban J connectivity index is 2.26. The van der Waals surface area contributed by atoms with Crippen molar-refractivity contribution in [3.63, 3.8) is 0 Å². The fourth-order valence-corrected chi connectivity index (χ4v) is 2.16. The van der Waals surface area contributed by atoms with Crippen molar-refractivity contribution in [1.29, 1.82) is 0 Å². The van der Waals surface area contributed by atoms with Crippen LogP contribution < -0.4 is 4.57 Å². The zero-order valence-corrected chi connectivity index (χ0v) is 11.4. The predicted molar refractivity (Wildman–Crippen MR) is 67.7 cm³/mol. The summed E-state index contributed by atoms with van der Waals surface area (Å²) in [5.74, 6) is -0.175. The second kappa shape index (κ2) is 5.84. The highest BCUT2D eigenvalue weighted by atomic mass is 16.6. The van der Waals surface area contributed by atoms with Gasteiger partial charge in [0.2, 0.25) is 0 Å². The molecule has 1 saturated heterocycles. The number of amides is 1. The van der Waals surface area contributed by atoms with Crippen molar-refractivity contribution in [3.05, 3.63) is 30.1 Å². The second-order valence-electron chi connectivity index (χ2n) is 4.97. The SMILES string of the molecule is CN(C)C(=O)c1ccc[n+]([C@@H]2O[C@H](CO)[C@@H](O)[C@H]2O)c1. The minimum atomic E-state index is -1.16. The van der Waals surface area contributed by atoms with Crippen LogP contribution in [0.25, 0.3) is 0 Å². The molecule has 1 aromatic heterocycles. The summed E-state index contributed by atoms with van der Waals surface area (Å²) in [5.41, 5.74) is 0.440. The van der Waals surface area contributed by atoms with Gasteiger partial charge in [-0.15, -0.1) is 0 Å². The number of hydrogen-bond acceptors (Lipinski definition) is 5. The Morgan fingerprint density at radius 1 is 1.40 bits per heavy atom. The number of aliphatic hydroxyl groups is 3. The van der Waals surface area contributed by atoms with Gasteiger partial charge in [0.25, 0.3) is 12.1 Å². The molecular formula is C13H19N2O5+. The van der Waals surface area contributed by atoms with E-state index in [1.165, 1.54) is 9.47 Å². The summed E-state index contributed by atoms with van der Waals surface area (Å²) in [6.07, 6.45) is -0.824. The second-order valence-corrected chi connectivity index (χ2v) is 4.97. The Labute approximate surface area is 116 Å². The number of pyridine rings is 1. The van der Waals surface area contributed by atoms with Crippen LogP contribution in [0.4, 0.5) is 0 Å². The molecule has 0 radical (unpaired) electrons. The molecule has 1 amide bonds. The zero-order chi connectivity index (χ0) is 14.9. The van der Waals surface area contributed by atoms with Gasteiger partial charge in [-0.3, -0.25) is 4.79 Å². The molecule has 2 heterocycles. The Hall–Kier alpha value is -1.54. The first-order valence-corrected chi connectivity index (χ1v) is 6.30. The quantitative estimate of drug-likeness (QED) is 0.574. The fourth-order valence-electron chi connectivity index (χ4n) is 2.16. The normalized spacial score (nSPS) is 29.4. The molecular weight excluding hydrogens is 264 g/mol. The van der Waals surface area contributed by atoms with Crippen LogP contribution in [0.2, 0.25) is 0 Å². The molecule has 3 N–H and O–H groups in total. The lowest BCUT2D eigenvalue weighted by Gasteiger charge is -2.12. The molecule has 1 aliphatic heterocycles. The molecule has 1 aliphatic rings. The molecule has 7 heteroatoms. The van der Waals surface area contributed by atoms with Crippen LogP contribution in [0.3, 0.4) is 0 Å². The molecule has 20 heavy (non-hydrogen) atoms. The monoisotopic (exact) mass is 283 g/mol. The van der Waals surface area contributed by atoms with E-state index in [9.17, 15) is 15.0 Å². The maximum atomic E-state index is 11.9. The van der Waals surface area contributed by atoms with Crippen molar-refractivity contribution in [2.45, 2.75) is 24.5 Å². The molecule has 0 aromatic carbocycles. The van der Waals surface area contributed by atoms with Crippen molar-refractivity contribution in [2.75, 3.05) is 20.7 Å². The minimum absolute atomic E-state index is 0.175. The van der Waals surface area contributed by atoms with Gasteiger partial charge in [-0.05, 0) is 6.07 Å². The number of rotatable bonds is 3. The molecule has 0 unspecified atom stereocenters. The summed E-state index contributed by atoms with van der Waals surface area (Å²) in [4.78, 5) is 13.3. The molecule has 7 nitrogen and oxygen atoms in total. The van der Waals surface area contributed by atoms with E-state index in [4.69, 9.17) is 9.84 Å². The first-order valence-electron chi connectivity index (χ1n) is 6.30. The third kappa shape index (κ3) is 2.66. The van der Waals surface area contributed by atoms with Gasteiger partial charge in [0.05, 0.1) is 6.61 Å². The van der Waals surface area contributed by atoms with E-state index in [0.717, 1.165) is 0 Å². The molecule has 2 rings (SSSR count). The first kappa shape index (κ1) is 14.9. The first-order chi connectivity index (χ1) is 9.45. The van der Waals surface area contributed by atoms with E-state index < -0.39 is 24.5 Å². The van der Waals surface area contributed by atoms with Crippen LogP contribution in [0.5, 0.6) is 0 Å². The average Bonchev–Trinajstić information content (AvgIpc) is 2.74. The lowest BCUT2D eigenvalue weighted by Crippen LogP contribution is -2.46. The van der Waals surface area contributed by atoms with E-state index >= 15 is 0 Å². The maximum Gasteiger partial charge on any atom is 0.292 e. The zero-order valence-electron chi connectivity index (χ0n) is 11.4. The summed E-state index contributed by atoms with van der Waals surface area (Å²) in [6, 6.07) is 3.31. The summed E-state index contributed by atoms with van der Waals surface area (Å²) in [7, 11) is 3.29. The lowest BCUT2D eigenvalue weighted by molar-refractivity contribution is -0.765. The van der Waals surface area contributed by atoms with E-state index in [0.29, 0.717) is 5.56 Å². The predicted octanol–water partition coefficient (Wildman–Crippen LogP) is -1.71. The van der Waals surface area contributed by atoms with Gasteiger partial charge >= 0.3 is 0 Å². The van der Waals surface area contributed by atoms with Crippen LogP contribution in [-0.4, -0.2) is 65.1 Å². The van der Waals surface area contributed by atoms with Gasteiger partial charge in [0.1, 0.15) is 17.8 Å². The van der Waals surface area contributed by atoms with Gasteiger partial charge in [-0.1, -0.05) is 0 Å². The summed E-state index contributed by atoms with van der Waals surface area (Å²) >= 11 is 0. The van der Waals surface area contributed by atoms with Gasteiger partial charge in [-0.2, -0.15) is 4.57 Å². The Morgan fingerprint density at radius 3 is 2.65 bits per heavy atom. The lowest BCUT2D eigenvalue weighted by atomic mass is 10.1. The Bertz CT molecular complexity index is 493. The third-order valence-corrected chi connectivity index (χ3v) is 3.29. The Kier molecular flexibility index (Phi) is 4.34. The van der Waals surface area contributed by atoms with Crippen LogP contribution in [0, 0.1) is 0 Å². The largest absolute Gasteiger partial charge is 0.394 e. The van der Waals surface area contributed by atoms with Crippen LogP contribution in [0.1, 0.15) is 16.6 Å². The number of ether oxygens (including phenoxy) is 1. The van der Waals surface area contributed by atoms with E-state index in [1.54, 1.807) is 38.6 Å². The summed E-state index contributed by atoms with van der Waals surface area (Å²) in [5, 5.41) is 28.7. The Morgan fingerprint density at radius 2 is 2.10 bits per heavy atom. The number of hydrogen-bond donors (Lipinski definition) is 3. The highest BCUT2D eigenvalue weighted by molar-refractivity contribution is 5.93. The highest BCUT2D eigenvalue weighted by Gasteiger charge is 2.47. The number of aliphatic hydroxyl groups excluding tert-OH is 3. The van der Waals surface area contributed by atoms with Crippen LogP contribution in [0.15, 0.2) is 24.5 Å². The molecule has 0 saturated carbocycles. The van der Waals surface area contributed by atoms with Crippen molar-refractivity contribution < 1.29 is 29.4 Å². The highest BCUT2D eigenvalue weighted by Crippen LogP contribution is 2.25. The maximum absolute atomic E-state index is 11.9. The smallest absolute Gasteiger partial charge is 0.292 e. The van der Waals surface area contributed by atoms with Gasteiger partial charge < -0.3 is 25.0 Å². The molecule has 0 bridgehead atoms. The summed E-state index contributed by atoms with van der Waals surface area (Å²) in [6.45, 7) is -0.383. The molecule has 0 aliphatic carbocycles. The molecule has 0 spiro atoms. The fraction of sp³-hybridized carbons (Fsp3) is 0.538. The number of nitrogens with zero attached hydrogens (tertiary/aromatic N) is 2. The standard InChI is InChI=1S/C13H19N2O5/c1-14(2)12(19)8-4-3-5-15(6-8)13-11(18)10(17)9(7-16)20-13/h3-6,9-11,13,16-18H,7H2,1-2H3/q+1/t9-,10-,11-,13-/m1/s1. The molecule has 1 fully saturated rings. The van der Waals surface area contributed by atoms with Crippen LogP contribution in [-0.2, 0) is 4.74 Å². The van der Waals surface area contributed by atoms with Gasteiger partial charge in [-0.25, -0.2) is 0 Å². The average molecular weight is 283 g/mol. The van der Waals surface area contributed by atoms with Crippen molar-refractivity contribution >= 4 is 5.91 Å². The van der Waals surface area contributed by atoms with E-state index in [2.05, 4.69) is 0 Å². The molecule has 110 valence electrons. The van der Waals surface area contributed by atoms with Crippen molar-refractivity contribution in [2.24, 2.45) is 0 Å². The molecule has 1 aromatic rings. The topological polar surface area (TPSA) is 94.1 Å². The van der Waals surface area contributed by atoms with E-state index in [1.807, 2.05) is 0 Å². The van der Waals surface area contributed by atoms with Gasteiger partial charge in [0, 0.05) is 20.2 Å². The summed E-state index contributed by atoms with van der Waals surface area (Å²) < 4.78 is 6.92. The number of aromatic nitrogens is 1. The third-order valence-electron chi connectivity index (χ3n) is 3.29.